The van der Waals surface area contributed by atoms with Crippen LogP contribution in [0.25, 0.3) is 0 Å². The van der Waals surface area contributed by atoms with E-state index in [1.54, 1.807) is 0 Å². The third kappa shape index (κ3) is 7.68. The van der Waals surface area contributed by atoms with Gasteiger partial charge in [0.1, 0.15) is 5.60 Å². The fourth-order valence-corrected chi connectivity index (χ4v) is 3.92. The fraction of sp³-hybridized carbons (Fsp3) is 0.905. The van der Waals surface area contributed by atoms with E-state index in [0.29, 0.717) is 6.04 Å². The minimum Gasteiger partial charge on any atom is -0.460 e. The Labute approximate surface area is 170 Å². The van der Waals surface area contributed by atoms with Crippen molar-refractivity contribution >= 4 is 11.9 Å². The number of piperidine rings is 1. The summed E-state index contributed by atoms with van der Waals surface area (Å²) in [5.74, 6) is -0.135. The van der Waals surface area contributed by atoms with E-state index in [1.807, 2.05) is 39.5 Å². The molecule has 0 aliphatic carbocycles. The predicted octanol–water partition coefficient (Wildman–Crippen LogP) is 1.32. The number of ether oxygens (including phenoxy) is 1. The van der Waals surface area contributed by atoms with Gasteiger partial charge in [0.2, 0.25) is 5.91 Å². The minimum atomic E-state index is -0.490. The highest BCUT2D eigenvalue weighted by Crippen LogP contribution is 2.18. The summed E-state index contributed by atoms with van der Waals surface area (Å²) in [6.07, 6.45) is 2.69. The van der Waals surface area contributed by atoms with Gasteiger partial charge in [0.05, 0.1) is 13.0 Å². The largest absolute Gasteiger partial charge is 0.460 e. The van der Waals surface area contributed by atoms with Gasteiger partial charge in [-0.25, -0.2) is 0 Å². The van der Waals surface area contributed by atoms with Gasteiger partial charge in [0, 0.05) is 37.8 Å². The van der Waals surface area contributed by atoms with Gasteiger partial charge < -0.3 is 19.9 Å². The van der Waals surface area contributed by atoms with Crippen molar-refractivity contribution in [3.63, 3.8) is 0 Å². The van der Waals surface area contributed by atoms with Crippen LogP contribution in [0.2, 0.25) is 0 Å². The Bertz CT molecular complexity index is 528. The number of rotatable bonds is 6. The molecule has 0 aromatic heterocycles. The molecule has 0 spiro atoms. The summed E-state index contributed by atoms with van der Waals surface area (Å²) >= 11 is 0. The number of nitrogens with zero attached hydrogens (tertiary/aromatic N) is 3. The number of piperazine rings is 1. The minimum absolute atomic E-state index is 0.111. The average molecular weight is 397 g/mol. The van der Waals surface area contributed by atoms with Crippen molar-refractivity contribution in [2.75, 3.05) is 52.9 Å². The number of carbonyl (C=O) groups excluding carboxylic acids is 2. The van der Waals surface area contributed by atoms with Crippen molar-refractivity contribution in [3.8, 4) is 0 Å². The molecule has 2 fully saturated rings. The fourth-order valence-electron chi connectivity index (χ4n) is 3.92. The van der Waals surface area contributed by atoms with Gasteiger partial charge in [-0.15, -0.1) is 0 Å². The lowest BCUT2D eigenvalue weighted by molar-refractivity contribution is -0.156. The van der Waals surface area contributed by atoms with E-state index in [9.17, 15) is 9.59 Å². The van der Waals surface area contributed by atoms with Crippen LogP contribution >= 0.6 is 0 Å². The molecule has 1 N–H and O–H groups in total. The summed E-state index contributed by atoms with van der Waals surface area (Å²) < 4.78 is 5.39. The van der Waals surface area contributed by atoms with Crippen LogP contribution in [0.15, 0.2) is 0 Å². The van der Waals surface area contributed by atoms with E-state index in [0.717, 1.165) is 26.2 Å². The van der Waals surface area contributed by atoms with Gasteiger partial charge in [0.15, 0.2) is 0 Å². The van der Waals surface area contributed by atoms with Gasteiger partial charge in [-0.2, -0.15) is 0 Å². The Morgan fingerprint density at radius 3 is 2.07 bits per heavy atom. The number of hydrogen-bond acceptors (Lipinski definition) is 6. The zero-order chi connectivity index (χ0) is 20.9. The smallest absolute Gasteiger partial charge is 0.308 e. The van der Waals surface area contributed by atoms with Gasteiger partial charge >= 0.3 is 5.97 Å². The second-order valence-electron chi connectivity index (χ2n) is 9.95. The van der Waals surface area contributed by atoms with Crippen LogP contribution in [0.1, 0.15) is 53.9 Å². The molecule has 2 aliphatic heterocycles. The molecule has 0 bridgehead atoms. The molecular formula is C21H40N4O3. The molecule has 2 rings (SSSR count). The molecule has 2 aliphatic rings. The van der Waals surface area contributed by atoms with E-state index in [4.69, 9.17) is 4.74 Å². The van der Waals surface area contributed by atoms with Gasteiger partial charge in [-0.05, 0) is 67.6 Å². The third-order valence-corrected chi connectivity index (χ3v) is 5.60. The first kappa shape index (κ1) is 23.1. The first-order valence-electron chi connectivity index (χ1n) is 10.6. The van der Waals surface area contributed by atoms with Crippen molar-refractivity contribution in [3.05, 3.63) is 0 Å². The van der Waals surface area contributed by atoms with Crippen LogP contribution in [0.5, 0.6) is 0 Å². The van der Waals surface area contributed by atoms with Crippen LogP contribution in [-0.4, -0.2) is 96.6 Å². The summed E-state index contributed by atoms with van der Waals surface area (Å²) in [5.41, 5.74) is -0.968. The van der Waals surface area contributed by atoms with Crippen molar-refractivity contribution in [1.29, 1.82) is 0 Å². The lowest BCUT2D eigenvalue weighted by Crippen LogP contribution is -2.56. The normalized spacial score (nSPS) is 21.0. The Hall–Kier alpha value is -1.18. The van der Waals surface area contributed by atoms with Crippen LogP contribution in [0.3, 0.4) is 0 Å². The molecule has 0 saturated carbocycles. The molecule has 2 heterocycles. The topological polar surface area (TPSA) is 65.1 Å². The maximum Gasteiger partial charge on any atom is 0.308 e. The van der Waals surface area contributed by atoms with Crippen LogP contribution in [-0.2, 0) is 14.3 Å². The molecule has 0 radical (unpaired) electrons. The van der Waals surface area contributed by atoms with E-state index < -0.39 is 11.1 Å². The molecule has 2 saturated heterocycles. The van der Waals surface area contributed by atoms with E-state index >= 15 is 0 Å². The molecular weight excluding hydrogens is 356 g/mol. The highest BCUT2D eigenvalue weighted by Gasteiger charge is 2.30. The molecule has 7 nitrogen and oxygen atoms in total. The standard InChI is InChI=1S/C21H40N4O3/c1-20(2,3)28-19(27)15-21(4,5)22-16-18(26)25-13-11-24(12-14-25)17-7-9-23(6)10-8-17/h17,22H,7-16H2,1-6H3. The van der Waals surface area contributed by atoms with E-state index in [-0.39, 0.29) is 24.8 Å². The molecule has 0 unspecified atom stereocenters. The Morgan fingerprint density at radius 1 is 0.964 bits per heavy atom. The lowest BCUT2D eigenvalue weighted by atomic mass is 10.0. The molecule has 7 heteroatoms. The number of carbonyl (C=O) groups is 2. The summed E-state index contributed by atoms with van der Waals surface area (Å²) in [6.45, 7) is 15.5. The van der Waals surface area contributed by atoms with Crippen LogP contribution in [0, 0.1) is 0 Å². The van der Waals surface area contributed by atoms with Gasteiger partial charge in [-0.3, -0.25) is 14.5 Å². The Morgan fingerprint density at radius 2 is 1.54 bits per heavy atom. The average Bonchev–Trinajstić information content (AvgIpc) is 2.58. The van der Waals surface area contributed by atoms with Crippen molar-refractivity contribution < 1.29 is 14.3 Å². The van der Waals surface area contributed by atoms with E-state index in [2.05, 4.69) is 22.2 Å². The van der Waals surface area contributed by atoms with Crippen LogP contribution in [0.4, 0.5) is 0 Å². The first-order chi connectivity index (χ1) is 13.0. The summed E-state index contributed by atoms with van der Waals surface area (Å²) in [4.78, 5) is 31.6. The maximum absolute atomic E-state index is 12.6. The third-order valence-electron chi connectivity index (χ3n) is 5.60. The second kappa shape index (κ2) is 9.55. The SMILES string of the molecule is CN1CCC(N2CCN(C(=O)CNC(C)(C)CC(=O)OC(C)(C)C)CC2)CC1. The summed E-state index contributed by atoms with van der Waals surface area (Å²) in [5, 5.41) is 3.24. The molecule has 1 amide bonds. The van der Waals surface area contributed by atoms with Gasteiger partial charge in [0.25, 0.3) is 0 Å². The van der Waals surface area contributed by atoms with Crippen LogP contribution < -0.4 is 5.32 Å². The van der Waals surface area contributed by atoms with Gasteiger partial charge in [-0.1, -0.05) is 0 Å². The first-order valence-corrected chi connectivity index (χ1v) is 10.6. The molecule has 0 aromatic carbocycles. The zero-order valence-electron chi connectivity index (χ0n) is 18.7. The summed E-state index contributed by atoms with van der Waals surface area (Å²) in [6, 6.07) is 0.666. The number of hydrogen-bond donors (Lipinski definition) is 1. The van der Waals surface area contributed by atoms with Crippen molar-refractivity contribution in [2.24, 2.45) is 0 Å². The lowest BCUT2D eigenvalue weighted by Gasteiger charge is -2.42. The number of likely N-dealkylation sites (tertiary alicyclic amines) is 1. The monoisotopic (exact) mass is 396 g/mol. The number of esters is 1. The Balaban J connectivity index is 1.71. The molecule has 28 heavy (non-hydrogen) atoms. The zero-order valence-corrected chi connectivity index (χ0v) is 18.7. The maximum atomic E-state index is 12.6. The highest BCUT2D eigenvalue weighted by atomic mass is 16.6. The number of nitrogens with one attached hydrogen (secondary N) is 1. The second-order valence-corrected chi connectivity index (χ2v) is 9.95. The summed E-state index contributed by atoms with van der Waals surface area (Å²) in [7, 11) is 2.18. The number of amides is 1. The highest BCUT2D eigenvalue weighted by molar-refractivity contribution is 5.78. The molecule has 0 aromatic rings. The van der Waals surface area contributed by atoms with E-state index in [1.165, 1.54) is 25.9 Å². The predicted molar refractivity (Wildman–Crippen MR) is 111 cm³/mol. The molecule has 162 valence electrons. The molecule has 0 atom stereocenters. The Kier molecular flexibility index (Phi) is 7.88. The van der Waals surface area contributed by atoms with Crippen molar-refractivity contribution in [2.45, 2.75) is 71.1 Å². The van der Waals surface area contributed by atoms with Crippen molar-refractivity contribution in [1.82, 2.24) is 20.0 Å². The quantitative estimate of drug-likeness (QED) is 0.684.